The Morgan fingerprint density at radius 2 is 1.71 bits per heavy atom. The summed E-state index contributed by atoms with van der Waals surface area (Å²) in [6, 6.07) is 17.7. The average Bonchev–Trinajstić information content (AvgIpc) is 3.13. The summed E-state index contributed by atoms with van der Waals surface area (Å²) < 4.78 is 10.7. The minimum absolute atomic E-state index is 0.104. The van der Waals surface area contributed by atoms with Crippen molar-refractivity contribution in [2.24, 2.45) is 0 Å². The van der Waals surface area contributed by atoms with E-state index in [4.69, 9.17) is 26.3 Å². The summed E-state index contributed by atoms with van der Waals surface area (Å²) in [5.74, 6) is -1.60. The van der Waals surface area contributed by atoms with E-state index < -0.39 is 23.5 Å². The van der Waals surface area contributed by atoms with E-state index in [1.807, 2.05) is 31.2 Å². The van der Waals surface area contributed by atoms with Gasteiger partial charge >= 0.3 is 0 Å². The number of rotatable bonds is 5. The SMILES string of the molecule is COc1cc(/C(O)=C2\C(=O)C(=O)N(c3ccc(C#N)cc3)C2c2cccc(C)c2)c(OC)cc1Cl. The first-order valence-electron chi connectivity index (χ1n) is 10.6. The number of ketones is 1. The Labute approximate surface area is 207 Å². The number of benzene rings is 3. The first kappa shape index (κ1) is 23.9. The van der Waals surface area contributed by atoms with E-state index in [9.17, 15) is 14.7 Å². The molecule has 1 fully saturated rings. The third-order valence-corrected chi connectivity index (χ3v) is 6.10. The monoisotopic (exact) mass is 488 g/mol. The number of aryl methyl sites for hydroxylation is 1. The van der Waals surface area contributed by atoms with Crippen LogP contribution in [-0.4, -0.2) is 31.0 Å². The number of carbonyl (C=O) groups excluding carboxylic acids is 2. The molecule has 1 saturated heterocycles. The Morgan fingerprint density at radius 1 is 1.03 bits per heavy atom. The molecule has 35 heavy (non-hydrogen) atoms. The molecule has 1 aliphatic rings. The third kappa shape index (κ3) is 4.20. The van der Waals surface area contributed by atoms with Crippen LogP contribution in [0.15, 0.2) is 66.2 Å². The highest BCUT2D eigenvalue weighted by molar-refractivity contribution is 6.51. The lowest BCUT2D eigenvalue weighted by Gasteiger charge is -2.26. The van der Waals surface area contributed by atoms with Crippen LogP contribution in [0.5, 0.6) is 11.5 Å². The molecule has 0 aliphatic carbocycles. The fourth-order valence-corrected chi connectivity index (χ4v) is 4.37. The molecule has 4 rings (SSSR count). The van der Waals surface area contributed by atoms with Crippen molar-refractivity contribution in [1.29, 1.82) is 5.26 Å². The normalized spacial score (nSPS) is 16.8. The van der Waals surface area contributed by atoms with Crippen LogP contribution in [0.1, 0.15) is 28.3 Å². The molecule has 7 nitrogen and oxygen atoms in total. The molecule has 0 bridgehead atoms. The van der Waals surface area contributed by atoms with Crippen LogP contribution in [0, 0.1) is 18.3 Å². The van der Waals surface area contributed by atoms with Gasteiger partial charge in [0.15, 0.2) is 0 Å². The van der Waals surface area contributed by atoms with Crippen molar-refractivity contribution < 1.29 is 24.2 Å². The highest BCUT2D eigenvalue weighted by Crippen LogP contribution is 2.44. The molecule has 1 atom stereocenters. The number of aliphatic hydroxyl groups is 1. The zero-order valence-corrected chi connectivity index (χ0v) is 20.0. The van der Waals surface area contributed by atoms with Crippen LogP contribution >= 0.6 is 11.6 Å². The Kier molecular flexibility index (Phi) is 6.50. The molecule has 176 valence electrons. The van der Waals surface area contributed by atoms with Gasteiger partial charge in [-0.15, -0.1) is 0 Å². The quantitative estimate of drug-likeness (QED) is 0.302. The number of halogens is 1. The molecular formula is C27H21ClN2O5. The van der Waals surface area contributed by atoms with Crippen LogP contribution in [-0.2, 0) is 9.59 Å². The smallest absolute Gasteiger partial charge is 0.300 e. The molecule has 1 aliphatic heterocycles. The summed E-state index contributed by atoms with van der Waals surface area (Å²) in [7, 11) is 2.83. The molecule has 0 radical (unpaired) electrons. The average molecular weight is 489 g/mol. The van der Waals surface area contributed by atoms with Gasteiger partial charge in [0.05, 0.1) is 48.1 Å². The number of nitrogens with zero attached hydrogens (tertiary/aromatic N) is 2. The van der Waals surface area contributed by atoms with Crippen molar-refractivity contribution in [3.8, 4) is 17.6 Å². The van der Waals surface area contributed by atoms with Crippen LogP contribution in [0.2, 0.25) is 5.02 Å². The predicted octanol–water partition coefficient (Wildman–Crippen LogP) is 5.16. The van der Waals surface area contributed by atoms with Gasteiger partial charge in [0.25, 0.3) is 11.7 Å². The number of hydrogen-bond donors (Lipinski definition) is 1. The molecule has 0 saturated carbocycles. The van der Waals surface area contributed by atoms with E-state index in [0.29, 0.717) is 16.8 Å². The molecule has 0 aromatic heterocycles. The van der Waals surface area contributed by atoms with Gasteiger partial charge in [-0.2, -0.15) is 5.26 Å². The zero-order valence-electron chi connectivity index (χ0n) is 19.2. The Balaban J connectivity index is 1.99. The molecule has 3 aromatic carbocycles. The van der Waals surface area contributed by atoms with Crippen molar-refractivity contribution in [3.63, 3.8) is 0 Å². The van der Waals surface area contributed by atoms with Crippen LogP contribution < -0.4 is 14.4 Å². The van der Waals surface area contributed by atoms with Gasteiger partial charge in [0, 0.05) is 11.8 Å². The van der Waals surface area contributed by atoms with Gasteiger partial charge in [0.2, 0.25) is 0 Å². The number of amides is 1. The fraction of sp³-hybridized carbons (Fsp3) is 0.148. The van der Waals surface area contributed by atoms with Gasteiger partial charge in [-0.25, -0.2) is 0 Å². The summed E-state index contributed by atoms with van der Waals surface area (Å²) in [6.07, 6.45) is 0. The largest absolute Gasteiger partial charge is 0.507 e. The maximum Gasteiger partial charge on any atom is 0.300 e. The molecule has 3 aromatic rings. The standard InChI is InChI=1S/C27H21ClN2O5/c1-15-5-4-6-17(11-15)24-23(25(31)19-12-22(35-3)20(28)13-21(19)34-2)26(32)27(33)30(24)18-9-7-16(14-29)8-10-18/h4-13,24,31H,1-3H3/b25-23+. The topological polar surface area (TPSA) is 99.9 Å². The summed E-state index contributed by atoms with van der Waals surface area (Å²) in [5.41, 5.74) is 2.43. The van der Waals surface area contributed by atoms with E-state index in [2.05, 4.69) is 0 Å². The lowest BCUT2D eigenvalue weighted by atomic mass is 9.94. The van der Waals surface area contributed by atoms with Crippen molar-refractivity contribution in [3.05, 3.63) is 93.5 Å². The number of aliphatic hydroxyl groups excluding tert-OH is 1. The second-order valence-corrected chi connectivity index (χ2v) is 8.34. The van der Waals surface area contributed by atoms with Crippen LogP contribution in [0.3, 0.4) is 0 Å². The summed E-state index contributed by atoms with van der Waals surface area (Å²) in [5, 5.41) is 20.8. The van der Waals surface area contributed by atoms with Crippen LogP contribution in [0.25, 0.3) is 5.76 Å². The number of methoxy groups -OCH3 is 2. The van der Waals surface area contributed by atoms with Gasteiger partial charge in [-0.1, -0.05) is 41.4 Å². The third-order valence-electron chi connectivity index (χ3n) is 5.81. The molecular weight excluding hydrogens is 468 g/mol. The fourth-order valence-electron chi connectivity index (χ4n) is 4.14. The second-order valence-electron chi connectivity index (χ2n) is 7.93. The van der Waals surface area contributed by atoms with Crippen molar-refractivity contribution in [2.75, 3.05) is 19.1 Å². The van der Waals surface area contributed by atoms with Crippen molar-refractivity contribution in [1.82, 2.24) is 0 Å². The van der Waals surface area contributed by atoms with Gasteiger partial charge < -0.3 is 14.6 Å². The molecule has 1 unspecified atom stereocenters. The molecule has 8 heteroatoms. The highest BCUT2D eigenvalue weighted by atomic mass is 35.5. The highest BCUT2D eigenvalue weighted by Gasteiger charge is 2.47. The number of anilines is 1. The van der Waals surface area contributed by atoms with Gasteiger partial charge in [0.1, 0.15) is 17.3 Å². The summed E-state index contributed by atoms with van der Waals surface area (Å²) >= 11 is 6.21. The second kappa shape index (κ2) is 9.53. The first-order chi connectivity index (χ1) is 16.8. The summed E-state index contributed by atoms with van der Waals surface area (Å²) in [6.45, 7) is 1.89. The number of Topliss-reactive ketones (excluding diaryl/α,β-unsaturated/α-hetero) is 1. The zero-order chi connectivity index (χ0) is 25.3. The lowest BCUT2D eigenvalue weighted by Crippen LogP contribution is -2.29. The van der Waals surface area contributed by atoms with E-state index in [1.54, 1.807) is 30.3 Å². The first-order valence-corrected chi connectivity index (χ1v) is 11.0. The van der Waals surface area contributed by atoms with E-state index >= 15 is 0 Å². The maximum absolute atomic E-state index is 13.4. The Bertz CT molecular complexity index is 1410. The number of nitriles is 1. The van der Waals surface area contributed by atoms with Crippen molar-refractivity contribution >= 4 is 34.7 Å². The minimum Gasteiger partial charge on any atom is -0.507 e. The Morgan fingerprint density at radius 3 is 2.31 bits per heavy atom. The van der Waals surface area contributed by atoms with Crippen molar-refractivity contribution in [2.45, 2.75) is 13.0 Å². The molecule has 0 spiro atoms. The number of hydrogen-bond acceptors (Lipinski definition) is 6. The number of ether oxygens (including phenoxy) is 2. The molecule has 1 amide bonds. The maximum atomic E-state index is 13.4. The van der Waals surface area contributed by atoms with E-state index in [1.165, 1.54) is 31.3 Å². The van der Waals surface area contributed by atoms with Crippen LogP contribution in [0.4, 0.5) is 5.69 Å². The van der Waals surface area contributed by atoms with E-state index in [0.717, 1.165) is 5.56 Å². The van der Waals surface area contributed by atoms with E-state index in [-0.39, 0.29) is 27.7 Å². The number of carbonyl (C=O) groups is 2. The van der Waals surface area contributed by atoms with Gasteiger partial charge in [-0.05, 0) is 42.8 Å². The lowest BCUT2D eigenvalue weighted by molar-refractivity contribution is -0.132. The molecule has 1 heterocycles. The minimum atomic E-state index is -0.922. The summed E-state index contributed by atoms with van der Waals surface area (Å²) in [4.78, 5) is 28.0. The van der Waals surface area contributed by atoms with Gasteiger partial charge in [-0.3, -0.25) is 14.5 Å². The predicted molar refractivity (Wildman–Crippen MR) is 132 cm³/mol. The Hall–Kier alpha value is -4.28. The molecule has 1 N–H and O–H groups in total.